The second kappa shape index (κ2) is 38.1. The van der Waals surface area contributed by atoms with Crippen LogP contribution < -0.4 is 77.8 Å². The number of aliphatic hydroxyl groups excluding tert-OH is 1. The van der Waals surface area contributed by atoms with Gasteiger partial charge in [0.2, 0.25) is 65.0 Å². The number of H-pyrrole nitrogens is 1. The van der Waals surface area contributed by atoms with Gasteiger partial charge >= 0.3 is 0 Å². The molecule has 0 aliphatic carbocycles. The number of aliphatic imine (C=N–C) groups is 3. The number of guanidine groups is 3. The van der Waals surface area contributed by atoms with Crippen LogP contribution in [0.4, 0.5) is 0 Å². The number of ketones is 1. The highest BCUT2D eigenvalue weighted by Gasteiger charge is 2.43. The van der Waals surface area contributed by atoms with Gasteiger partial charge in [-0.1, -0.05) is 30.3 Å². The number of primary amides is 2. The number of amides is 11. The summed E-state index contributed by atoms with van der Waals surface area (Å²) in [5.74, 6) is -10.5. The number of carbonyl (C=O) groups excluding carboxylic acids is 12. The molecule has 3 heterocycles. The predicted molar refractivity (Wildman–Crippen MR) is 344 cm³/mol. The third-order valence-corrected chi connectivity index (χ3v) is 15.7. The van der Waals surface area contributed by atoms with E-state index in [9.17, 15) is 57.8 Å². The fourth-order valence-electron chi connectivity index (χ4n) is 10.6. The van der Waals surface area contributed by atoms with E-state index in [-0.39, 0.29) is 134 Å². The van der Waals surface area contributed by atoms with Crippen LogP contribution >= 0.6 is 0 Å². The SMILES string of the molecule is CC(=O)[C@@H]1C[C@@H](O)CN1C(=O)[C@H](CC(N)=O)NC(=O)CN(CCc1ccccc1)C(=O)[C@H](CCCN=C(N)N)NC(=O)[C@H](CCCN=C(N)N)NC(=O)[C@@H]1CCCN1C(=O)[C@H](CCCCN=C(N)N)NC(=O)[C@@H](CCC(N)=O)NC(=O)C(C)(C)C(=O)NCCc1cnc[nH]1. The van der Waals surface area contributed by atoms with E-state index in [4.69, 9.17) is 45.9 Å². The molecule has 0 saturated carbocycles. The number of aromatic amines is 1. The number of nitrogens with one attached hydrogen (secondary N) is 7. The van der Waals surface area contributed by atoms with E-state index < -0.39 is 144 Å². The average Bonchev–Trinajstić information content (AvgIpc) is 1.64. The van der Waals surface area contributed by atoms with Gasteiger partial charge in [-0.25, -0.2) is 4.98 Å². The Kier molecular flexibility index (Phi) is 31.0. The lowest BCUT2D eigenvalue weighted by molar-refractivity contribution is -0.144. The number of Topliss-reactive ketones (excluding diaryl/α,β-unsaturated/α-hetero) is 1. The molecule has 35 heteroatoms. The molecule has 2 fully saturated rings. The van der Waals surface area contributed by atoms with Gasteiger partial charge in [0.25, 0.3) is 0 Å². The fraction of sp³-hybridized carbons (Fsp3) is 0.593. The number of aromatic nitrogens is 2. The van der Waals surface area contributed by atoms with Crippen molar-refractivity contribution in [3.63, 3.8) is 0 Å². The van der Waals surface area contributed by atoms with Crippen molar-refractivity contribution in [3.05, 3.63) is 54.1 Å². The van der Waals surface area contributed by atoms with Crippen molar-refractivity contribution in [2.45, 2.75) is 165 Å². The van der Waals surface area contributed by atoms with E-state index in [0.29, 0.717) is 12.8 Å². The molecule has 0 bridgehead atoms. The summed E-state index contributed by atoms with van der Waals surface area (Å²) in [7, 11) is 0. The molecule has 11 amide bonds. The molecule has 1 aromatic heterocycles. The molecule has 4 rings (SSSR count). The van der Waals surface area contributed by atoms with Gasteiger partial charge in [0.15, 0.2) is 23.7 Å². The lowest BCUT2D eigenvalue weighted by Gasteiger charge is -2.32. The number of imidazole rings is 1. The minimum absolute atomic E-state index is 0.000669. The number of rotatable bonds is 40. The maximum Gasteiger partial charge on any atom is 0.246 e. The van der Waals surface area contributed by atoms with Crippen LogP contribution in [-0.2, 0) is 70.4 Å². The Hall–Kier alpha value is -9.96. The molecule has 0 unspecified atom stereocenters. The Morgan fingerprint density at radius 3 is 1.84 bits per heavy atom. The molecule has 35 nitrogen and oxygen atoms in total. The molecule has 2 saturated heterocycles. The van der Waals surface area contributed by atoms with Gasteiger partial charge in [0.1, 0.15) is 41.7 Å². The number of hydrogen-bond donors (Lipinski definition) is 16. The smallest absolute Gasteiger partial charge is 0.246 e. The molecule has 2 aliphatic heterocycles. The Morgan fingerprint density at radius 1 is 0.670 bits per heavy atom. The van der Waals surface area contributed by atoms with Crippen LogP contribution in [-0.4, -0.2) is 219 Å². The summed E-state index contributed by atoms with van der Waals surface area (Å²) in [5.41, 5.74) is 44.2. The van der Waals surface area contributed by atoms with Crippen LogP contribution in [0, 0.1) is 5.41 Å². The Bertz CT molecular complexity index is 3020. The van der Waals surface area contributed by atoms with Crippen LogP contribution in [0.3, 0.4) is 0 Å². The highest BCUT2D eigenvalue weighted by molar-refractivity contribution is 6.06. The Labute approximate surface area is 544 Å². The molecular formula is C59H94N22O13. The van der Waals surface area contributed by atoms with Crippen molar-refractivity contribution in [3.8, 4) is 0 Å². The Balaban J connectivity index is 1.66. The first-order valence-corrected chi connectivity index (χ1v) is 31.1. The number of benzene rings is 1. The van der Waals surface area contributed by atoms with Crippen LogP contribution in [0.5, 0.6) is 0 Å². The largest absolute Gasteiger partial charge is 0.391 e. The summed E-state index contributed by atoms with van der Waals surface area (Å²) in [5, 5.41) is 26.3. The van der Waals surface area contributed by atoms with Crippen molar-refractivity contribution in [2.24, 2.45) is 66.3 Å². The summed E-state index contributed by atoms with van der Waals surface area (Å²) >= 11 is 0. The minimum atomic E-state index is -1.75. The van der Waals surface area contributed by atoms with Gasteiger partial charge in [0.05, 0.1) is 31.4 Å². The van der Waals surface area contributed by atoms with Crippen molar-refractivity contribution in [1.82, 2.24) is 56.6 Å². The number of hydrogen-bond acceptors (Lipinski definition) is 17. The lowest BCUT2D eigenvalue weighted by atomic mass is 9.90. The highest BCUT2D eigenvalue weighted by Crippen LogP contribution is 2.24. The first-order valence-electron chi connectivity index (χ1n) is 31.1. The van der Waals surface area contributed by atoms with Crippen LogP contribution in [0.1, 0.15) is 115 Å². The third kappa shape index (κ3) is 25.6. The number of aliphatic hydroxyl groups is 1. The second-order valence-corrected chi connectivity index (χ2v) is 23.6. The van der Waals surface area contributed by atoms with Gasteiger partial charge in [-0.05, 0) is 97.0 Å². The molecule has 518 valence electrons. The summed E-state index contributed by atoms with van der Waals surface area (Å²) in [6.07, 6.45) is 1.77. The Morgan fingerprint density at radius 2 is 1.26 bits per heavy atom. The van der Waals surface area contributed by atoms with E-state index in [1.54, 1.807) is 36.5 Å². The first-order chi connectivity index (χ1) is 44.5. The number of likely N-dealkylation sites (tertiary alicyclic amines) is 2. The van der Waals surface area contributed by atoms with E-state index in [1.807, 2.05) is 0 Å². The second-order valence-electron chi connectivity index (χ2n) is 23.6. The third-order valence-electron chi connectivity index (χ3n) is 15.7. The number of β-amino-alcohol motifs (C(OH)–C–C–N with tert-alkyl or cyclic N) is 1. The van der Waals surface area contributed by atoms with Crippen LogP contribution in [0.15, 0.2) is 57.8 Å². The number of carbonyl (C=O) groups is 12. The maximum absolute atomic E-state index is 15.1. The molecule has 94 heavy (non-hydrogen) atoms. The van der Waals surface area contributed by atoms with E-state index in [2.05, 4.69) is 56.8 Å². The van der Waals surface area contributed by atoms with Crippen molar-refractivity contribution < 1.29 is 62.6 Å². The normalized spacial score (nSPS) is 16.7. The molecule has 2 aromatic rings. The van der Waals surface area contributed by atoms with Gasteiger partial charge in [-0.15, -0.1) is 0 Å². The van der Waals surface area contributed by atoms with Crippen LogP contribution in [0.25, 0.3) is 0 Å². The van der Waals surface area contributed by atoms with E-state index in [0.717, 1.165) is 21.1 Å². The highest BCUT2D eigenvalue weighted by atomic mass is 16.3. The summed E-state index contributed by atoms with van der Waals surface area (Å²) in [6, 6.07) is -0.865. The summed E-state index contributed by atoms with van der Waals surface area (Å²) in [6.45, 7) is 3.00. The number of nitrogens with two attached hydrogens (primary N) is 8. The van der Waals surface area contributed by atoms with Crippen molar-refractivity contribution in [1.29, 1.82) is 0 Å². The lowest BCUT2D eigenvalue weighted by Crippen LogP contribution is -2.60. The average molecular weight is 1320 g/mol. The van der Waals surface area contributed by atoms with Gasteiger partial charge in [-0.2, -0.15) is 0 Å². The zero-order chi connectivity index (χ0) is 69.7. The zero-order valence-corrected chi connectivity index (χ0v) is 53.5. The predicted octanol–water partition coefficient (Wildman–Crippen LogP) is -6.18. The fourth-order valence-corrected chi connectivity index (χ4v) is 10.6. The first kappa shape index (κ1) is 76.5. The quantitative estimate of drug-likeness (QED) is 0.0128. The molecule has 1 aromatic carbocycles. The monoisotopic (exact) mass is 1320 g/mol. The van der Waals surface area contributed by atoms with Gasteiger partial charge in [-0.3, -0.25) is 72.5 Å². The minimum Gasteiger partial charge on any atom is -0.391 e. The van der Waals surface area contributed by atoms with Crippen molar-refractivity contribution in [2.75, 3.05) is 52.4 Å². The van der Waals surface area contributed by atoms with Crippen molar-refractivity contribution >= 4 is 88.6 Å². The number of nitrogens with zero attached hydrogens (tertiary/aromatic N) is 7. The topological polar surface area (TPSA) is 581 Å². The van der Waals surface area contributed by atoms with Gasteiger partial charge < -0.3 is 103 Å². The van der Waals surface area contributed by atoms with E-state index >= 15 is 4.79 Å². The molecule has 8 atom stereocenters. The summed E-state index contributed by atoms with van der Waals surface area (Å²) in [4.78, 5) is 188. The molecule has 0 spiro atoms. The van der Waals surface area contributed by atoms with E-state index in [1.165, 1.54) is 32.0 Å². The standard InChI is InChI=1S/C59H94N22O13/c1-34(82)44-28-37(83)31-81(44)53(92)42(29-46(61)85)74-47(86)32-79(27-21-35-12-5-4-6-13-35)51(90)40(16-10-24-72-58(66)67)76-48(87)38(15-9-23-71-57(64)65)75-50(89)43-17-11-26-80(43)52(91)41(14-7-8-22-70-56(62)63)77-49(88)39(18-19-45(60)84)78-55(94)59(2,3)54(93)69-25-20-36-30-68-33-73-36/h4-6,12-13,30,33,37-44,83H,7-11,14-29,31-32H2,1-3H3,(H2,60,84)(H2,61,85)(H,68,73)(H,69,93)(H,74,86)(H,75,89)(H,76,87)(H,77,88)(H,78,94)(H4,62,63,70)(H4,64,65,71)(H4,66,67,72)/t37-,38+,39-,40+,41+,42+,43+,44+/m1/s1. The molecule has 0 radical (unpaired) electrons. The molecule has 2 aliphatic rings. The number of unbranched alkanes of at least 4 members (excludes halogenated alkanes) is 1. The summed E-state index contributed by atoms with van der Waals surface area (Å²) < 4.78 is 0. The zero-order valence-electron chi connectivity index (χ0n) is 53.5. The maximum atomic E-state index is 15.1. The van der Waals surface area contributed by atoms with Gasteiger partial charge in [0, 0.05) is 77.0 Å². The molecule has 24 N–H and O–H groups in total. The van der Waals surface area contributed by atoms with Crippen LogP contribution in [0.2, 0.25) is 0 Å². The molecular weight excluding hydrogens is 1220 g/mol.